The summed E-state index contributed by atoms with van der Waals surface area (Å²) in [5.74, 6) is 0.147. The lowest BCUT2D eigenvalue weighted by Gasteiger charge is -2.28. The molecule has 0 aliphatic carbocycles. The summed E-state index contributed by atoms with van der Waals surface area (Å²) < 4.78 is 5.47. The Morgan fingerprint density at radius 2 is 1.80 bits per heavy atom. The van der Waals surface area contributed by atoms with Gasteiger partial charge < -0.3 is 19.9 Å². The van der Waals surface area contributed by atoms with E-state index in [1.165, 1.54) is 4.90 Å². The van der Waals surface area contributed by atoms with Crippen LogP contribution in [0.5, 0.6) is 0 Å². The first-order chi connectivity index (χ1) is 14.7. The van der Waals surface area contributed by atoms with Gasteiger partial charge in [-0.1, -0.05) is 42.5 Å². The Bertz CT molecular complexity index is 848. The van der Waals surface area contributed by atoms with Crippen molar-refractivity contribution >= 4 is 11.8 Å². The summed E-state index contributed by atoms with van der Waals surface area (Å²) in [5, 5.41) is 3.23. The highest BCUT2D eigenvalue weighted by molar-refractivity contribution is 5.94. The van der Waals surface area contributed by atoms with Crippen LogP contribution in [0.3, 0.4) is 0 Å². The van der Waals surface area contributed by atoms with Crippen LogP contribution < -0.4 is 10.2 Å². The van der Waals surface area contributed by atoms with Gasteiger partial charge in [0.15, 0.2) is 0 Å². The summed E-state index contributed by atoms with van der Waals surface area (Å²) in [6.45, 7) is 5.75. The number of carbonyl (C=O) groups excluding carboxylic acids is 2. The molecule has 6 nitrogen and oxygen atoms in total. The van der Waals surface area contributed by atoms with Crippen LogP contribution in [0.15, 0.2) is 54.6 Å². The van der Waals surface area contributed by atoms with Crippen molar-refractivity contribution in [2.24, 2.45) is 0 Å². The van der Waals surface area contributed by atoms with Crippen LogP contribution in [-0.4, -0.2) is 56.1 Å². The Labute approximate surface area is 177 Å². The molecule has 6 heteroatoms. The molecule has 4 rings (SSSR count). The van der Waals surface area contributed by atoms with Crippen molar-refractivity contribution in [2.75, 3.05) is 39.4 Å². The molecule has 0 aromatic heterocycles. The number of quaternary nitrogens is 1. The lowest BCUT2D eigenvalue weighted by Crippen LogP contribution is -3.14. The van der Waals surface area contributed by atoms with E-state index in [-0.39, 0.29) is 17.9 Å². The zero-order valence-electron chi connectivity index (χ0n) is 17.3. The van der Waals surface area contributed by atoms with Crippen molar-refractivity contribution in [2.45, 2.75) is 25.4 Å². The summed E-state index contributed by atoms with van der Waals surface area (Å²) in [7, 11) is 0. The molecule has 0 bridgehead atoms. The van der Waals surface area contributed by atoms with Crippen LogP contribution in [0.25, 0.3) is 0 Å². The minimum Gasteiger partial charge on any atom is -0.370 e. The molecular weight excluding hydrogens is 378 g/mol. The SMILES string of the molecule is O=C(N[C@@H](C[NH+]1CCOCC1)c1ccccc1)c1ccc(CN2CCCC2=O)cc1. The van der Waals surface area contributed by atoms with Gasteiger partial charge in [-0.2, -0.15) is 0 Å². The van der Waals surface area contributed by atoms with Crippen LogP contribution >= 0.6 is 0 Å². The van der Waals surface area contributed by atoms with Crippen molar-refractivity contribution < 1.29 is 19.2 Å². The van der Waals surface area contributed by atoms with E-state index in [1.807, 2.05) is 47.4 Å². The van der Waals surface area contributed by atoms with E-state index in [0.29, 0.717) is 18.5 Å². The zero-order valence-corrected chi connectivity index (χ0v) is 17.3. The Kier molecular flexibility index (Phi) is 6.77. The fraction of sp³-hybridized carbons (Fsp3) is 0.417. The Balaban J connectivity index is 1.41. The highest BCUT2D eigenvalue weighted by Gasteiger charge is 2.24. The molecule has 158 valence electrons. The molecule has 30 heavy (non-hydrogen) atoms. The van der Waals surface area contributed by atoms with Gasteiger partial charge in [0.1, 0.15) is 25.7 Å². The molecule has 1 atom stereocenters. The van der Waals surface area contributed by atoms with Crippen molar-refractivity contribution in [3.05, 3.63) is 71.3 Å². The van der Waals surface area contributed by atoms with Crippen LogP contribution in [0.2, 0.25) is 0 Å². The van der Waals surface area contributed by atoms with E-state index in [0.717, 1.165) is 56.9 Å². The lowest BCUT2D eigenvalue weighted by atomic mass is 10.0. The lowest BCUT2D eigenvalue weighted by molar-refractivity contribution is -0.909. The highest BCUT2D eigenvalue weighted by Crippen LogP contribution is 2.16. The first-order valence-corrected chi connectivity index (χ1v) is 10.8. The first kappa shape index (κ1) is 20.6. The number of hydrogen-bond donors (Lipinski definition) is 2. The minimum atomic E-state index is -0.0692. The van der Waals surface area contributed by atoms with Crippen LogP contribution in [-0.2, 0) is 16.1 Å². The van der Waals surface area contributed by atoms with Crippen molar-refractivity contribution in [1.29, 1.82) is 0 Å². The first-order valence-electron chi connectivity index (χ1n) is 10.8. The minimum absolute atomic E-state index is 0.0475. The summed E-state index contributed by atoms with van der Waals surface area (Å²) >= 11 is 0. The smallest absolute Gasteiger partial charge is 0.251 e. The molecule has 0 spiro atoms. The molecule has 2 aromatic carbocycles. The number of likely N-dealkylation sites (tertiary alicyclic amines) is 1. The van der Waals surface area contributed by atoms with Crippen LogP contribution in [0, 0.1) is 0 Å². The molecular formula is C24H30N3O3+. The number of amides is 2. The standard InChI is InChI=1S/C24H29N3O3/c28-23-7-4-12-27(23)17-19-8-10-21(11-9-19)24(29)25-22(20-5-2-1-3-6-20)18-26-13-15-30-16-14-26/h1-3,5-6,8-11,22H,4,7,12-18H2,(H,25,29)/p+1/t22-/m0/s1. The van der Waals surface area contributed by atoms with Gasteiger partial charge in [0.05, 0.1) is 13.2 Å². The number of carbonyl (C=O) groups is 2. The van der Waals surface area contributed by atoms with Crippen molar-refractivity contribution in [3.63, 3.8) is 0 Å². The van der Waals surface area contributed by atoms with Crippen LogP contribution in [0.4, 0.5) is 0 Å². The maximum Gasteiger partial charge on any atom is 0.251 e. The largest absolute Gasteiger partial charge is 0.370 e. The van der Waals surface area contributed by atoms with E-state index in [2.05, 4.69) is 17.4 Å². The summed E-state index contributed by atoms with van der Waals surface area (Å²) in [6.07, 6.45) is 1.58. The second kappa shape index (κ2) is 9.87. The normalized spacial score (nSPS) is 18.4. The third-order valence-corrected chi connectivity index (χ3v) is 5.96. The Morgan fingerprint density at radius 3 is 2.47 bits per heavy atom. The predicted molar refractivity (Wildman–Crippen MR) is 114 cm³/mol. The number of hydrogen-bond acceptors (Lipinski definition) is 3. The average Bonchev–Trinajstić information content (AvgIpc) is 3.19. The number of nitrogens with one attached hydrogen (secondary N) is 2. The fourth-order valence-corrected chi connectivity index (χ4v) is 4.19. The summed E-state index contributed by atoms with van der Waals surface area (Å²) in [5.41, 5.74) is 2.82. The Hall–Kier alpha value is -2.70. The topological polar surface area (TPSA) is 63.1 Å². The summed E-state index contributed by atoms with van der Waals surface area (Å²) in [6, 6.07) is 17.7. The van der Waals surface area contributed by atoms with E-state index in [4.69, 9.17) is 4.74 Å². The average molecular weight is 409 g/mol. The van der Waals surface area contributed by atoms with Gasteiger partial charge in [-0.15, -0.1) is 0 Å². The molecule has 2 aliphatic rings. The van der Waals surface area contributed by atoms with Gasteiger partial charge >= 0.3 is 0 Å². The molecule has 2 heterocycles. The van der Waals surface area contributed by atoms with Gasteiger partial charge in [0.25, 0.3) is 5.91 Å². The van der Waals surface area contributed by atoms with Gasteiger partial charge in [0.2, 0.25) is 5.91 Å². The third-order valence-electron chi connectivity index (χ3n) is 5.96. The molecule has 0 unspecified atom stereocenters. The van der Waals surface area contributed by atoms with Gasteiger partial charge in [-0.05, 0) is 29.7 Å². The molecule has 2 aromatic rings. The second-order valence-electron chi connectivity index (χ2n) is 8.12. The Morgan fingerprint density at radius 1 is 1.07 bits per heavy atom. The van der Waals surface area contributed by atoms with E-state index < -0.39 is 0 Å². The van der Waals surface area contributed by atoms with E-state index in [1.54, 1.807) is 0 Å². The molecule has 2 N–H and O–H groups in total. The zero-order chi connectivity index (χ0) is 20.8. The number of rotatable bonds is 7. The number of morpholine rings is 1. The maximum absolute atomic E-state index is 13.0. The van der Waals surface area contributed by atoms with Crippen molar-refractivity contribution in [1.82, 2.24) is 10.2 Å². The quantitative estimate of drug-likeness (QED) is 0.724. The maximum atomic E-state index is 13.0. The molecule has 2 aliphatic heterocycles. The highest BCUT2D eigenvalue weighted by atomic mass is 16.5. The molecule has 2 amide bonds. The van der Waals surface area contributed by atoms with Gasteiger partial charge in [-0.3, -0.25) is 9.59 Å². The second-order valence-corrected chi connectivity index (χ2v) is 8.12. The number of nitrogens with zero attached hydrogens (tertiary/aromatic N) is 1. The van der Waals surface area contributed by atoms with Gasteiger partial charge in [-0.25, -0.2) is 0 Å². The molecule has 2 fully saturated rings. The monoisotopic (exact) mass is 408 g/mol. The van der Waals surface area contributed by atoms with E-state index >= 15 is 0 Å². The number of benzene rings is 2. The van der Waals surface area contributed by atoms with Gasteiger partial charge in [0, 0.05) is 25.1 Å². The molecule has 2 saturated heterocycles. The summed E-state index contributed by atoms with van der Waals surface area (Å²) in [4.78, 5) is 28.1. The fourth-order valence-electron chi connectivity index (χ4n) is 4.19. The number of ether oxygens (including phenoxy) is 1. The predicted octanol–water partition coefficient (Wildman–Crippen LogP) is 1.20. The third kappa shape index (κ3) is 5.26. The molecule has 0 saturated carbocycles. The van der Waals surface area contributed by atoms with Crippen molar-refractivity contribution in [3.8, 4) is 0 Å². The van der Waals surface area contributed by atoms with E-state index in [9.17, 15) is 9.59 Å². The molecule has 0 radical (unpaired) electrons. The van der Waals surface area contributed by atoms with Crippen LogP contribution in [0.1, 0.15) is 40.4 Å².